The standard InChI is InChI=1S/C16H23NO2/c1-11-3-6-13(7-4-11)10-17-16(19)14-9-12(2)5-8-15(14)18/h5,8-9,11,13,18H,3-4,6-7,10H2,1-2H3,(H,17,19). The first-order valence-corrected chi connectivity index (χ1v) is 7.14. The third kappa shape index (κ3) is 3.72. The van der Waals surface area contributed by atoms with Gasteiger partial charge < -0.3 is 10.4 Å². The number of hydrogen-bond acceptors (Lipinski definition) is 2. The maximum absolute atomic E-state index is 12.1. The van der Waals surface area contributed by atoms with Gasteiger partial charge in [-0.2, -0.15) is 0 Å². The highest BCUT2D eigenvalue weighted by atomic mass is 16.3. The van der Waals surface area contributed by atoms with Gasteiger partial charge in [-0.15, -0.1) is 0 Å². The van der Waals surface area contributed by atoms with E-state index >= 15 is 0 Å². The summed E-state index contributed by atoms with van der Waals surface area (Å²) in [6.07, 6.45) is 4.91. The number of phenols is 1. The Labute approximate surface area is 115 Å². The lowest BCUT2D eigenvalue weighted by molar-refractivity contribution is 0.0939. The zero-order valence-electron chi connectivity index (χ0n) is 11.8. The number of carbonyl (C=O) groups is 1. The van der Waals surface area contributed by atoms with Crippen LogP contribution in [0, 0.1) is 18.8 Å². The Morgan fingerprint density at radius 1 is 1.32 bits per heavy atom. The van der Waals surface area contributed by atoms with E-state index in [1.54, 1.807) is 18.2 Å². The Hall–Kier alpha value is -1.51. The summed E-state index contributed by atoms with van der Waals surface area (Å²) in [5, 5.41) is 12.7. The topological polar surface area (TPSA) is 49.3 Å². The van der Waals surface area contributed by atoms with Crippen molar-refractivity contribution in [3.8, 4) is 5.75 Å². The Morgan fingerprint density at radius 2 is 2.00 bits per heavy atom. The monoisotopic (exact) mass is 261 g/mol. The van der Waals surface area contributed by atoms with E-state index < -0.39 is 0 Å². The number of rotatable bonds is 3. The highest BCUT2D eigenvalue weighted by Crippen LogP contribution is 2.27. The molecule has 1 aromatic rings. The predicted octanol–water partition coefficient (Wildman–Crippen LogP) is 3.26. The number of carbonyl (C=O) groups excluding carboxylic acids is 1. The largest absolute Gasteiger partial charge is 0.507 e. The molecular formula is C16H23NO2. The van der Waals surface area contributed by atoms with Crippen molar-refractivity contribution in [2.75, 3.05) is 6.54 Å². The van der Waals surface area contributed by atoms with E-state index in [0.717, 1.165) is 18.0 Å². The molecular weight excluding hydrogens is 238 g/mol. The summed E-state index contributed by atoms with van der Waals surface area (Å²) in [5.41, 5.74) is 1.36. The SMILES string of the molecule is Cc1ccc(O)c(C(=O)NCC2CCC(C)CC2)c1. The van der Waals surface area contributed by atoms with Gasteiger partial charge in [-0.3, -0.25) is 4.79 Å². The van der Waals surface area contributed by atoms with Gasteiger partial charge in [-0.05, 0) is 43.7 Å². The van der Waals surface area contributed by atoms with Crippen LogP contribution in [0.15, 0.2) is 18.2 Å². The molecule has 0 saturated heterocycles. The van der Waals surface area contributed by atoms with Crippen molar-refractivity contribution < 1.29 is 9.90 Å². The van der Waals surface area contributed by atoms with E-state index in [-0.39, 0.29) is 11.7 Å². The lowest BCUT2D eigenvalue weighted by Gasteiger charge is -2.26. The van der Waals surface area contributed by atoms with Crippen LogP contribution >= 0.6 is 0 Å². The van der Waals surface area contributed by atoms with Gasteiger partial charge in [-0.25, -0.2) is 0 Å². The summed E-state index contributed by atoms with van der Waals surface area (Å²) in [6.45, 7) is 4.93. The van der Waals surface area contributed by atoms with Crippen molar-refractivity contribution in [2.45, 2.75) is 39.5 Å². The average molecular weight is 261 g/mol. The summed E-state index contributed by atoms with van der Waals surface area (Å²) in [6, 6.07) is 5.11. The fourth-order valence-electron chi connectivity index (χ4n) is 2.70. The van der Waals surface area contributed by atoms with Crippen molar-refractivity contribution >= 4 is 5.91 Å². The van der Waals surface area contributed by atoms with Gasteiger partial charge in [0.05, 0.1) is 5.56 Å². The number of hydrogen-bond donors (Lipinski definition) is 2. The lowest BCUT2D eigenvalue weighted by atomic mass is 9.83. The molecule has 0 aromatic heterocycles. The normalized spacial score (nSPS) is 23.1. The molecule has 0 unspecified atom stereocenters. The van der Waals surface area contributed by atoms with Gasteiger partial charge in [0.25, 0.3) is 5.91 Å². The predicted molar refractivity (Wildman–Crippen MR) is 76.3 cm³/mol. The van der Waals surface area contributed by atoms with Crippen LogP contribution in [-0.4, -0.2) is 17.6 Å². The van der Waals surface area contributed by atoms with Crippen LogP contribution in [0.1, 0.15) is 48.5 Å². The van der Waals surface area contributed by atoms with Gasteiger partial charge in [0, 0.05) is 6.54 Å². The zero-order chi connectivity index (χ0) is 13.8. The second-order valence-electron chi connectivity index (χ2n) is 5.86. The van der Waals surface area contributed by atoms with Crippen molar-refractivity contribution in [3.63, 3.8) is 0 Å². The minimum Gasteiger partial charge on any atom is -0.507 e. The Kier molecular flexibility index (Phi) is 4.46. The smallest absolute Gasteiger partial charge is 0.255 e. The van der Waals surface area contributed by atoms with Gasteiger partial charge in [-0.1, -0.05) is 31.4 Å². The van der Waals surface area contributed by atoms with Crippen molar-refractivity contribution in [3.05, 3.63) is 29.3 Å². The number of aromatic hydroxyl groups is 1. The molecule has 1 aromatic carbocycles. The van der Waals surface area contributed by atoms with Crippen molar-refractivity contribution in [1.29, 1.82) is 0 Å². The number of phenolic OH excluding ortho intramolecular Hbond substituents is 1. The molecule has 3 nitrogen and oxygen atoms in total. The Bertz CT molecular complexity index is 448. The first-order valence-electron chi connectivity index (χ1n) is 7.14. The van der Waals surface area contributed by atoms with Gasteiger partial charge in [0.15, 0.2) is 0 Å². The van der Waals surface area contributed by atoms with E-state index in [1.165, 1.54) is 25.7 Å². The molecule has 0 radical (unpaired) electrons. The third-order valence-electron chi connectivity index (χ3n) is 4.08. The third-order valence-corrected chi connectivity index (χ3v) is 4.08. The molecule has 2 rings (SSSR count). The van der Waals surface area contributed by atoms with E-state index in [2.05, 4.69) is 12.2 Å². The molecule has 1 saturated carbocycles. The molecule has 2 N–H and O–H groups in total. The second-order valence-corrected chi connectivity index (χ2v) is 5.86. The minimum absolute atomic E-state index is 0.0559. The molecule has 1 fully saturated rings. The summed E-state index contributed by atoms with van der Waals surface area (Å²) in [5.74, 6) is 1.31. The van der Waals surface area contributed by atoms with Gasteiger partial charge in [0.2, 0.25) is 0 Å². The van der Waals surface area contributed by atoms with E-state index in [9.17, 15) is 9.90 Å². The number of nitrogens with one attached hydrogen (secondary N) is 1. The molecule has 1 amide bonds. The molecule has 104 valence electrons. The fourth-order valence-corrected chi connectivity index (χ4v) is 2.70. The fraction of sp³-hybridized carbons (Fsp3) is 0.562. The van der Waals surface area contributed by atoms with Crippen molar-refractivity contribution in [2.24, 2.45) is 11.8 Å². The summed E-state index contributed by atoms with van der Waals surface area (Å²) in [7, 11) is 0. The number of aryl methyl sites for hydroxylation is 1. The molecule has 3 heteroatoms. The first kappa shape index (κ1) is 13.9. The van der Waals surface area contributed by atoms with E-state index in [4.69, 9.17) is 0 Å². The minimum atomic E-state index is -0.167. The summed E-state index contributed by atoms with van der Waals surface area (Å²) in [4.78, 5) is 12.1. The van der Waals surface area contributed by atoms with E-state index in [1.807, 2.05) is 6.92 Å². The first-order chi connectivity index (χ1) is 9.06. The lowest BCUT2D eigenvalue weighted by Crippen LogP contribution is -2.31. The van der Waals surface area contributed by atoms with Crippen LogP contribution in [0.5, 0.6) is 5.75 Å². The molecule has 0 spiro atoms. The van der Waals surface area contributed by atoms with Crippen LogP contribution in [0.4, 0.5) is 0 Å². The average Bonchev–Trinajstić information content (AvgIpc) is 2.40. The highest BCUT2D eigenvalue weighted by Gasteiger charge is 2.19. The molecule has 0 heterocycles. The number of benzene rings is 1. The summed E-state index contributed by atoms with van der Waals surface area (Å²) >= 11 is 0. The maximum Gasteiger partial charge on any atom is 0.255 e. The Morgan fingerprint density at radius 3 is 2.68 bits per heavy atom. The molecule has 0 bridgehead atoms. The van der Waals surface area contributed by atoms with Crippen LogP contribution in [0.2, 0.25) is 0 Å². The molecule has 0 atom stereocenters. The van der Waals surface area contributed by atoms with Gasteiger partial charge >= 0.3 is 0 Å². The molecule has 1 aliphatic rings. The van der Waals surface area contributed by atoms with Crippen molar-refractivity contribution in [1.82, 2.24) is 5.32 Å². The van der Waals surface area contributed by atoms with Crippen LogP contribution in [-0.2, 0) is 0 Å². The van der Waals surface area contributed by atoms with Crippen LogP contribution in [0.25, 0.3) is 0 Å². The molecule has 0 aliphatic heterocycles. The zero-order valence-corrected chi connectivity index (χ0v) is 11.8. The summed E-state index contributed by atoms with van der Waals surface area (Å²) < 4.78 is 0. The quantitative estimate of drug-likeness (QED) is 0.877. The molecule has 19 heavy (non-hydrogen) atoms. The van der Waals surface area contributed by atoms with Gasteiger partial charge in [0.1, 0.15) is 5.75 Å². The number of amides is 1. The second kappa shape index (κ2) is 6.09. The van der Waals surface area contributed by atoms with Crippen LogP contribution < -0.4 is 5.32 Å². The van der Waals surface area contributed by atoms with Crippen LogP contribution in [0.3, 0.4) is 0 Å². The Balaban J connectivity index is 1.89. The maximum atomic E-state index is 12.1. The highest BCUT2D eigenvalue weighted by molar-refractivity contribution is 5.96. The van der Waals surface area contributed by atoms with E-state index in [0.29, 0.717) is 11.5 Å². The molecule has 1 aliphatic carbocycles.